The highest BCUT2D eigenvalue weighted by Crippen LogP contribution is 2.44. The first-order valence-electron chi connectivity index (χ1n) is 19.5. The van der Waals surface area contributed by atoms with Crippen LogP contribution in [-0.2, 0) is 0 Å². The number of fused-ring (bicyclic) bond motifs is 7. The first-order chi connectivity index (χ1) is 27.8. The summed E-state index contributed by atoms with van der Waals surface area (Å²) in [5.74, 6) is 0. The van der Waals surface area contributed by atoms with Gasteiger partial charge in [-0.05, 0) is 98.8 Å². The molecule has 0 N–H and O–H groups in total. The Labute approximate surface area is 326 Å². The summed E-state index contributed by atoms with van der Waals surface area (Å²) in [6.45, 7) is 0. The molecule has 9 aromatic carbocycles. The molecule has 11 rings (SSSR count). The lowest BCUT2D eigenvalue weighted by Crippen LogP contribution is -2.30. The zero-order chi connectivity index (χ0) is 37.0. The molecule has 0 saturated heterocycles. The van der Waals surface area contributed by atoms with E-state index in [0.717, 1.165) is 6.42 Å². The van der Waals surface area contributed by atoms with Crippen molar-refractivity contribution in [2.75, 3.05) is 4.90 Å². The molecule has 0 bridgehead atoms. The van der Waals surface area contributed by atoms with Crippen molar-refractivity contribution in [2.45, 2.75) is 12.5 Å². The molecule has 0 aliphatic heterocycles. The van der Waals surface area contributed by atoms with Crippen LogP contribution < -0.4 is 4.90 Å². The number of benzene rings is 9. The van der Waals surface area contributed by atoms with E-state index in [-0.39, 0.29) is 6.04 Å². The van der Waals surface area contributed by atoms with Gasteiger partial charge in [0.2, 0.25) is 0 Å². The summed E-state index contributed by atoms with van der Waals surface area (Å²) in [4.78, 5) is 2.56. The predicted molar refractivity (Wildman–Crippen MR) is 239 cm³/mol. The highest BCUT2D eigenvalue weighted by Gasteiger charge is 2.25. The average Bonchev–Trinajstić information content (AvgIpc) is 3.62. The van der Waals surface area contributed by atoms with Gasteiger partial charge in [-0.1, -0.05) is 164 Å². The van der Waals surface area contributed by atoms with Crippen LogP contribution in [0.5, 0.6) is 0 Å². The van der Waals surface area contributed by atoms with Crippen LogP contribution in [0.15, 0.2) is 212 Å². The summed E-state index contributed by atoms with van der Waals surface area (Å²) in [7, 11) is 0. The van der Waals surface area contributed by atoms with Crippen LogP contribution in [0.25, 0.3) is 76.5 Å². The standard InChI is InChI=1S/C54H38N2/c1-2-20-44(21-3-1)56-52-26-11-10-25-49(52)53-50(36-43-17-7-9-24-48(43)54(53)56)42-19-12-22-46(35-42)55(51-27-13-18-39-15-6-8-23-47(39)51)45-32-30-38(31-33-45)41-29-28-37-14-4-5-16-40(37)34-41/h1-21,23-36,46H,22H2. The minimum absolute atomic E-state index is 0.0799. The van der Waals surface area contributed by atoms with Crippen LogP contribution in [0.4, 0.5) is 11.4 Å². The molecule has 56 heavy (non-hydrogen) atoms. The molecule has 0 radical (unpaired) electrons. The van der Waals surface area contributed by atoms with Gasteiger partial charge in [-0.15, -0.1) is 0 Å². The van der Waals surface area contributed by atoms with Crippen LogP contribution in [0, 0.1) is 0 Å². The molecule has 0 spiro atoms. The van der Waals surface area contributed by atoms with Crippen molar-refractivity contribution in [2.24, 2.45) is 0 Å². The number of hydrogen-bond donors (Lipinski definition) is 0. The number of allylic oxidation sites excluding steroid dienone is 2. The van der Waals surface area contributed by atoms with E-state index < -0.39 is 0 Å². The summed E-state index contributed by atoms with van der Waals surface area (Å²) in [6, 6.07) is 71.0. The molecule has 1 unspecified atom stereocenters. The Kier molecular flexibility index (Phi) is 7.67. The number of anilines is 2. The minimum atomic E-state index is 0.0799. The highest BCUT2D eigenvalue weighted by atomic mass is 15.2. The van der Waals surface area contributed by atoms with Gasteiger partial charge in [0, 0.05) is 38.6 Å². The first-order valence-corrected chi connectivity index (χ1v) is 19.5. The number of rotatable bonds is 6. The van der Waals surface area contributed by atoms with Gasteiger partial charge in [0.1, 0.15) is 0 Å². The topological polar surface area (TPSA) is 8.17 Å². The third kappa shape index (κ3) is 5.33. The molecule has 10 aromatic rings. The van der Waals surface area contributed by atoms with E-state index in [4.69, 9.17) is 0 Å². The van der Waals surface area contributed by atoms with Crippen molar-refractivity contribution in [1.29, 1.82) is 0 Å². The van der Waals surface area contributed by atoms with E-state index in [1.54, 1.807) is 0 Å². The van der Waals surface area contributed by atoms with Crippen LogP contribution in [0.2, 0.25) is 0 Å². The molecule has 1 aromatic heterocycles. The second kappa shape index (κ2) is 13.3. The highest BCUT2D eigenvalue weighted by molar-refractivity contribution is 6.23. The summed E-state index contributed by atoms with van der Waals surface area (Å²) >= 11 is 0. The van der Waals surface area contributed by atoms with Gasteiger partial charge < -0.3 is 9.47 Å². The lowest BCUT2D eigenvalue weighted by Gasteiger charge is -2.34. The molecule has 2 nitrogen and oxygen atoms in total. The number of nitrogens with zero attached hydrogens (tertiary/aromatic N) is 2. The van der Waals surface area contributed by atoms with Gasteiger partial charge in [-0.25, -0.2) is 0 Å². The fourth-order valence-corrected chi connectivity index (χ4v) is 9.04. The van der Waals surface area contributed by atoms with Gasteiger partial charge in [0.05, 0.1) is 17.1 Å². The second-order valence-electron chi connectivity index (χ2n) is 14.9. The summed E-state index contributed by atoms with van der Waals surface area (Å²) < 4.78 is 2.46. The van der Waals surface area contributed by atoms with Crippen molar-refractivity contribution in [1.82, 2.24) is 4.57 Å². The van der Waals surface area contributed by atoms with Crippen molar-refractivity contribution in [3.63, 3.8) is 0 Å². The first kappa shape index (κ1) is 32.3. The predicted octanol–water partition coefficient (Wildman–Crippen LogP) is 14.5. The maximum Gasteiger partial charge on any atom is 0.0625 e. The van der Waals surface area contributed by atoms with Crippen molar-refractivity contribution >= 4 is 71.1 Å². The molecule has 0 saturated carbocycles. The van der Waals surface area contributed by atoms with E-state index in [1.165, 1.54) is 93.4 Å². The normalized spacial score (nSPS) is 14.2. The Morgan fingerprint density at radius 2 is 1.14 bits per heavy atom. The van der Waals surface area contributed by atoms with Crippen LogP contribution in [0.3, 0.4) is 0 Å². The minimum Gasteiger partial charge on any atom is -0.334 e. The van der Waals surface area contributed by atoms with E-state index in [9.17, 15) is 0 Å². The monoisotopic (exact) mass is 714 g/mol. The fraction of sp³-hybridized carbons (Fsp3) is 0.0370. The maximum absolute atomic E-state index is 2.56. The maximum atomic E-state index is 2.56. The zero-order valence-electron chi connectivity index (χ0n) is 30.9. The van der Waals surface area contributed by atoms with Crippen molar-refractivity contribution < 1.29 is 0 Å². The number of aromatic nitrogens is 1. The Bertz CT molecular complexity index is 3160. The number of para-hydroxylation sites is 2. The average molecular weight is 715 g/mol. The lowest BCUT2D eigenvalue weighted by atomic mass is 9.90. The molecular weight excluding hydrogens is 677 g/mol. The molecule has 1 atom stereocenters. The summed E-state index contributed by atoms with van der Waals surface area (Å²) in [6.07, 6.45) is 8.12. The lowest BCUT2D eigenvalue weighted by molar-refractivity contribution is 0.790. The molecule has 2 heteroatoms. The van der Waals surface area contributed by atoms with Crippen LogP contribution in [-0.4, -0.2) is 10.6 Å². The largest absolute Gasteiger partial charge is 0.334 e. The van der Waals surface area contributed by atoms with Gasteiger partial charge in [-0.3, -0.25) is 0 Å². The third-order valence-corrected chi connectivity index (χ3v) is 11.6. The molecule has 1 aliphatic carbocycles. The van der Waals surface area contributed by atoms with Gasteiger partial charge in [0.25, 0.3) is 0 Å². The van der Waals surface area contributed by atoms with Crippen molar-refractivity contribution in [3.05, 3.63) is 218 Å². The smallest absolute Gasteiger partial charge is 0.0625 e. The fourth-order valence-electron chi connectivity index (χ4n) is 9.04. The van der Waals surface area contributed by atoms with Gasteiger partial charge in [0.15, 0.2) is 0 Å². The molecule has 1 aliphatic rings. The molecule has 1 heterocycles. The molecule has 0 amide bonds. The van der Waals surface area contributed by atoms with E-state index in [2.05, 4.69) is 222 Å². The second-order valence-corrected chi connectivity index (χ2v) is 14.9. The van der Waals surface area contributed by atoms with Crippen LogP contribution >= 0.6 is 0 Å². The SMILES string of the molecule is C1=CC(c2cc3ccccc3c3c2c2ccccc2n3-c2ccccc2)=CC(N(c2ccc(-c3ccc4ccccc4c3)cc2)c2cccc3ccccc23)C1. The van der Waals surface area contributed by atoms with Crippen molar-refractivity contribution in [3.8, 4) is 16.8 Å². The zero-order valence-corrected chi connectivity index (χ0v) is 30.9. The molecule has 0 fully saturated rings. The van der Waals surface area contributed by atoms with Crippen LogP contribution in [0.1, 0.15) is 12.0 Å². The number of hydrogen-bond acceptors (Lipinski definition) is 1. The van der Waals surface area contributed by atoms with E-state index in [0.29, 0.717) is 0 Å². The molecule has 264 valence electrons. The summed E-state index contributed by atoms with van der Waals surface area (Å²) in [5, 5.41) is 10.0. The van der Waals surface area contributed by atoms with Gasteiger partial charge >= 0.3 is 0 Å². The van der Waals surface area contributed by atoms with E-state index in [1.807, 2.05) is 0 Å². The Hall–Kier alpha value is -7.16. The Balaban J connectivity index is 1.10. The Morgan fingerprint density at radius 1 is 0.482 bits per heavy atom. The quantitative estimate of drug-likeness (QED) is 0.166. The summed E-state index contributed by atoms with van der Waals surface area (Å²) in [5.41, 5.74) is 11.0. The third-order valence-electron chi connectivity index (χ3n) is 11.6. The van der Waals surface area contributed by atoms with Gasteiger partial charge in [-0.2, -0.15) is 0 Å². The van der Waals surface area contributed by atoms with E-state index >= 15 is 0 Å². The Morgan fingerprint density at radius 3 is 1.98 bits per heavy atom. The molecular formula is C54H38N2.